The lowest BCUT2D eigenvalue weighted by Gasteiger charge is -2.02. The fourth-order valence-electron chi connectivity index (χ4n) is 2.38. The monoisotopic (exact) mass is 309 g/mol. The highest BCUT2D eigenvalue weighted by Gasteiger charge is 1.91. The van der Waals surface area contributed by atoms with E-state index in [0.717, 1.165) is 13.0 Å². The van der Waals surface area contributed by atoms with Crippen molar-refractivity contribution in [2.24, 2.45) is 5.73 Å². The number of allylic oxidation sites excluding steroid dienone is 4. The van der Waals surface area contributed by atoms with Crippen LogP contribution in [0, 0.1) is 0 Å². The molecule has 2 heteroatoms. The SMILES string of the molecule is CCCCC/C=C\C/C=C\CCCCCCCCOCCN. The molecular formula is C20H39NO. The van der Waals surface area contributed by atoms with Gasteiger partial charge in [0.15, 0.2) is 0 Å². The van der Waals surface area contributed by atoms with E-state index in [4.69, 9.17) is 10.5 Å². The van der Waals surface area contributed by atoms with Gasteiger partial charge in [-0.05, 0) is 38.5 Å². The Morgan fingerprint density at radius 2 is 1.27 bits per heavy atom. The zero-order valence-electron chi connectivity index (χ0n) is 14.9. The van der Waals surface area contributed by atoms with Crippen molar-refractivity contribution in [2.45, 2.75) is 84.0 Å². The second kappa shape index (κ2) is 20.4. The van der Waals surface area contributed by atoms with Gasteiger partial charge in [0.2, 0.25) is 0 Å². The van der Waals surface area contributed by atoms with Gasteiger partial charge >= 0.3 is 0 Å². The number of hydrogen-bond acceptors (Lipinski definition) is 2. The lowest BCUT2D eigenvalue weighted by Crippen LogP contribution is -2.08. The van der Waals surface area contributed by atoms with Crippen molar-refractivity contribution in [3.05, 3.63) is 24.3 Å². The highest BCUT2D eigenvalue weighted by molar-refractivity contribution is 4.92. The Morgan fingerprint density at radius 1 is 0.682 bits per heavy atom. The molecule has 0 saturated heterocycles. The Labute approximate surface area is 139 Å². The van der Waals surface area contributed by atoms with E-state index in [1.807, 2.05) is 0 Å². The van der Waals surface area contributed by atoms with Crippen molar-refractivity contribution < 1.29 is 4.74 Å². The van der Waals surface area contributed by atoms with Crippen LogP contribution < -0.4 is 5.73 Å². The summed E-state index contributed by atoms with van der Waals surface area (Å²) < 4.78 is 5.36. The molecule has 0 aliphatic carbocycles. The van der Waals surface area contributed by atoms with Gasteiger partial charge in [-0.1, -0.05) is 69.8 Å². The van der Waals surface area contributed by atoms with Crippen LogP contribution in [0.5, 0.6) is 0 Å². The normalized spacial score (nSPS) is 11.9. The highest BCUT2D eigenvalue weighted by Crippen LogP contribution is 2.08. The van der Waals surface area contributed by atoms with E-state index in [1.165, 1.54) is 70.6 Å². The Kier molecular flexibility index (Phi) is 19.8. The van der Waals surface area contributed by atoms with Crippen LogP contribution in [0.4, 0.5) is 0 Å². The second-order valence-corrected chi connectivity index (χ2v) is 5.99. The smallest absolute Gasteiger partial charge is 0.0588 e. The fourth-order valence-corrected chi connectivity index (χ4v) is 2.38. The highest BCUT2D eigenvalue weighted by atomic mass is 16.5. The molecule has 0 aliphatic heterocycles. The molecule has 130 valence electrons. The third-order valence-corrected chi connectivity index (χ3v) is 3.75. The first-order chi connectivity index (χ1) is 10.9. The molecule has 2 nitrogen and oxygen atoms in total. The van der Waals surface area contributed by atoms with Gasteiger partial charge in [0.05, 0.1) is 6.61 Å². The second-order valence-electron chi connectivity index (χ2n) is 5.99. The molecule has 0 atom stereocenters. The lowest BCUT2D eigenvalue weighted by molar-refractivity contribution is 0.137. The van der Waals surface area contributed by atoms with Gasteiger partial charge in [0, 0.05) is 13.2 Å². The molecule has 2 N–H and O–H groups in total. The van der Waals surface area contributed by atoms with Gasteiger partial charge in [-0.3, -0.25) is 0 Å². The standard InChI is InChI=1S/C20H39NO/c1-2-3-4-5-6-7-8-9-10-11-12-13-14-15-16-17-19-22-20-18-21/h6-7,9-10H,2-5,8,11-21H2,1H3/b7-6-,10-9-. The van der Waals surface area contributed by atoms with Crippen LogP contribution in [0.25, 0.3) is 0 Å². The fraction of sp³-hybridized carbons (Fsp3) is 0.800. The van der Waals surface area contributed by atoms with Crippen LogP contribution in [0.15, 0.2) is 24.3 Å². The molecule has 0 rings (SSSR count). The average Bonchev–Trinajstić information content (AvgIpc) is 2.54. The molecule has 0 heterocycles. The summed E-state index contributed by atoms with van der Waals surface area (Å²) in [5.41, 5.74) is 5.37. The van der Waals surface area contributed by atoms with Gasteiger partial charge in [-0.15, -0.1) is 0 Å². The summed E-state index contributed by atoms with van der Waals surface area (Å²) in [7, 11) is 0. The molecule has 0 aromatic carbocycles. The molecule has 0 unspecified atom stereocenters. The topological polar surface area (TPSA) is 35.2 Å². The summed E-state index contributed by atoms with van der Waals surface area (Å²) >= 11 is 0. The van der Waals surface area contributed by atoms with Crippen molar-refractivity contribution in [3.8, 4) is 0 Å². The summed E-state index contributed by atoms with van der Waals surface area (Å²) in [6.07, 6.45) is 24.8. The van der Waals surface area contributed by atoms with Gasteiger partial charge < -0.3 is 10.5 Å². The van der Waals surface area contributed by atoms with E-state index in [1.54, 1.807) is 0 Å². The minimum atomic E-state index is 0.641. The van der Waals surface area contributed by atoms with Gasteiger partial charge in [-0.25, -0.2) is 0 Å². The minimum Gasteiger partial charge on any atom is -0.380 e. The van der Waals surface area contributed by atoms with Crippen molar-refractivity contribution >= 4 is 0 Å². The van der Waals surface area contributed by atoms with Crippen molar-refractivity contribution in [3.63, 3.8) is 0 Å². The van der Waals surface area contributed by atoms with Gasteiger partial charge in [0.25, 0.3) is 0 Å². The zero-order chi connectivity index (χ0) is 16.1. The van der Waals surface area contributed by atoms with Crippen LogP contribution in [-0.4, -0.2) is 19.8 Å². The van der Waals surface area contributed by atoms with Crippen molar-refractivity contribution in [1.29, 1.82) is 0 Å². The number of ether oxygens (including phenoxy) is 1. The van der Waals surface area contributed by atoms with Crippen LogP contribution in [0.1, 0.15) is 84.0 Å². The molecule has 0 spiro atoms. The summed E-state index contributed by atoms with van der Waals surface area (Å²) in [6, 6.07) is 0. The van der Waals surface area contributed by atoms with E-state index < -0.39 is 0 Å². The maximum atomic E-state index is 5.37. The molecule has 0 fully saturated rings. The molecule has 0 saturated carbocycles. The molecule has 0 radical (unpaired) electrons. The predicted molar refractivity (Wildman–Crippen MR) is 99.2 cm³/mol. The number of unbranched alkanes of at least 4 members (excludes halogenated alkanes) is 9. The van der Waals surface area contributed by atoms with Crippen LogP contribution in [0.2, 0.25) is 0 Å². The first-order valence-electron chi connectivity index (χ1n) is 9.49. The Bertz CT molecular complexity index is 248. The maximum Gasteiger partial charge on any atom is 0.0588 e. The summed E-state index contributed by atoms with van der Waals surface area (Å²) in [5.74, 6) is 0. The molecular weight excluding hydrogens is 270 g/mol. The average molecular weight is 310 g/mol. The number of hydrogen-bond donors (Lipinski definition) is 1. The van der Waals surface area contributed by atoms with Gasteiger partial charge in [0.1, 0.15) is 0 Å². The molecule has 0 aromatic heterocycles. The molecule has 22 heavy (non-hydrogen) atoms. The zero-order valence-corrected chi connectivity index (χ0v) is 14.9. The largest absolute Gasteiger partial charge is 0.380 e. The van der Waals surface area contributed by atoms with Crippen LogP contribution >= 0.6 is 0 Å². The third-order valence-electron chi connectivity index (χ3n) is 3.75. The third kappa shape index (κ3) is 19.4. The summed E-state index contributed by atoms with van der Waals surface area (Å²) in [6.45, 7) is 4.48. The van der Waals surface area contributed by atoms with E-state index in [0.29, 0.717) is 13.2 Å². The van der Waals surface area contributed by atoms with Crippen molar-refractivity contribution in [2.75, 3.05) is 19.8 Å². The number of nitrogens with two attached hydrogens (primary N) is 1. The Balaban J connectivity index is 3.11. The van der Waals surface area contributed by atoms with E-state index >= 15 is 0 Å². The quantitative estimate of drug-likeness (QED) is 0.273. The number of rotatable bonds is 17. The first-order valence-corrected chi connectivity index (χ1v) is 9.49. The summed E-state index contributed by atoms with van der Waals surface area (Å²) in [5, 5.41) is 0. The minimum absolute atomic E-state index is 0.641. The molecule has 0 bridgehead atoms. The Morgan fingerprint density at radius 3 is 1.91 bits per heavy atom. The predicted octanol–water partition coefficient (Wildman–Crippen LogP) is 5.78. The van der Waals surface area contributed by atoms with Crippen LogP contribution in [0.3, 0.4) is 0 Å². The first kappa shape index (κ1) is 21.4. The maximum absolute atomic E-state index is 5.37. The molecule has 0 aromatic rings. The lowest BCUT2D eigenvalue weighted by atomic mass is 10.1. The Hall–Kier alpha value is -0.600. The van der Waals surface area contributed by atoms with E-state index in [9.17, 15) is 0 Å². The molecule has 0 aliphatic rings. The van der Waals surface area contributed by atoms with Crippen molar-refractivity contribution in [1.82, 2.24) is 0 Å². The molecule has 0 amide bonds. The van der Waals surface area contributed by atoms with Gasteiger partial charge in [-0.2, -0.15) is 0 Å². The van der Waals surface area contributed by atoms with Crippen LogP contribution in [-0.2, 0) is 4.74 Å². The summed E-state index contributed by atoms with van der Waals surface area (Å²) in [4.78, 5) is 0. The van der Waals surface area contributed by atoms with E-state index in [2.05, 4.69) is 31.2 Å². The van der Waals surface area contributed by atoms with E-state index in [-0.39, 0.29) is 0 Å².